The van der Waals surface area contributed by atoms with Crippen LogP contribution in [0, 0.1) is 19.8 Å². The van der Waals surface area contributed by atoms with Crippen molar-refractivity contribution in [2.24, 2.45) is 5.92 Å². The first-order valence-electron chi connectivity index (χ1n) is 9.63. The summed E-state index contributed by atoms with van der Waals surface area (Å²) in [6.45, 7) is 7.92. The lowest BCUT2D eigenvalue weighted by Gasteiger charge is -2.42. The van der Waals surface area contributed by atoms with Gasteiger partial charge in [0.25, 0.3) is 5.56 Å². The zero-order valence-electron chi connectivity index (χ0n) is 16.2. The highest BCUT2D eigenvalue weighted by atomic mass is 32.1. The number of amides is 1. The number of rotatable bonds is 1. The summed E-state index contributed by atoms with van der Waals surface area (Å²) in [6, 6.07) is 3.82. The van der Waals surface area contributed by atoms with Crippen LogP contribution in [-0.2, 0) is 11.3 Å². The Hall–Kier alpha value is -2.54. The predicted molar refractivity (Wildman–Crippen MR) is 110 cm³/mol. The van der Waals surface area contributed by atoms with Gasteiger partial charge in [0.15, 0.2) is 0 Å². The second-order valence-corrected chi connectivity index (χ2v) is 9.23. The second-order valence-electron chi connectivity index (χ2n) is 8.03. The van der Waals surface area contributed by atoms with E-state index in [1.807, 2.05) is 9.47 Å². The molecule has 0 aromatic carbocycles. The SMILES string of the molecule is CC(=O)N1C[C@@H]2C[C@H](C1)c1cc(-c3ncnc4sc(C)c(C)c34)cc(=O)n1C2. The molecule has 0 aliphatic carbocycles. The summed E-state index contributed by atoms with van der Waals surface area (Å²) in [5.74, 6) is 0.668. The minimum absolute atomic E-state index is 0.0230. The van der Waals surface area contributed by atoms with E-state index in [4.69, 9.17) is 0 Å². The Morgan fingerprint density at radius 2 is 2.00 bits per heavy atom. The average Bonchev–Trinajstić information content (AvgIpc) is 2.96. The molecule has 28 heavy (non-hydrogen) atoms. The van der Waals surface area contributed by atoms with E-state index in [0.717, 1.165) is 40.1 Å². The highest BCUT2D eigenvalue weighted by Gasteiger charge is 2.36. The molecule has 0 spiro atoms. The molecule has 0 N–H and O–H groups in total. The fraction of sp³-hybridized carbons (Fsp3) is 0.429. The number of hydrogen-bond acceptors (Lipinski definition) is 5. The third kappa shape index (κ3) is 2.60. The first-order chi connectivity index (χ1) is 13.4. The van der Waals surface area contributed by atoms with Crippen molar-refractivity contribution in [2.45, 2.75) is 39.7 Å². The zero-order chi connectivity index (χ0) is 19.6. The third-order valence-electron chi connectivity index (χ3n) is 6.24. The van der Waals surface area contributed by atoms with E-state index >= 15 is 0 Å². The molecular formula is C21H22N4O2S. The molecule has 5 rings (SSSR count). The fourth-order valence-corrected chi connectivity index (χ4v) is 5.75. The van der Waals surface area contributed by atoms with Crippen LogP contribution in [0.1, 0.15) is 35.4 Å². The van der Waals surface area contributed by atoms with Gasteiger partial charge in [-0.05, 0) is 37.8 Å². The molecule has 2 aliphatic rings. The van der Waals surface area contributed by atoms with Crippen molar-refractivity contribution in [1.29, 1.82) is 0 Å². The van der Waals surface area contributed by atoms with Gasteiger partial charge in [-0.3, -0.25) is 9.59 Å². The standard InChI is InChI=1S/C21H22N4O2S/c1-11-12(2)28-21-19(11)20(22-10-23-21)15-5-17-16-4-14(7-24(9-16)13(3)26)8-25(17)18(27)6-15/h5-6,10,14,16H,4,7-9H2,1-3H3/t14-,16+/m0/s1. The summed E-state index contributed by atoms with van der Waals surface area (Å²) in [5, 5.41) is 1.04. The first-order valence-corrected chi connectivity index (χ1v) is 10.5. The number of piperidine rings is 1. The maximum atomic E-state index is 13.0. The van der Waals surface area contributed by atoms with Gasteiger partial charge in [0.1, 0.15) is 11.2 Å². The number of aryl methyl sites for hydroxylation is 2. The van der Waals surface area contributed by atoms with Gasteiger partial charge in [-0.2, -0.15) is 0 Å². The normalized spacial score (nSPS) is 21.0. The minimum Gasteiger partial charge on any atom is -0.342 e. The Morgan fingerprint density at radius 3 is 2.79 bits per heavy atom. The monoisotopic (exact) mass is 394 g/mol. The van der Waals surface area contributed by atoms with Gasteiger partial charge in [0, 0.05) is 60.1 Å². The molecule has 6 nitrogen and oxygen atoms in total. The van der Waals surface area contributed by atoms with E-state index in [-0.39, 0.29) is 17.4 Å². The molecule has 0 unspecified atom stereocenters. The van der Waals surface area contributed by atoms with E-state index in [1.54, 1.807) is 30.7 Å². The largest absolute Gasteiger partial charge is 0.342 e. The molecule has 3 aromatic heterocycles. The summed E-state index contributed by atoms with van der Waals surface area (Å²) in [7, 11) is 0. The van der Waals surface area contributed by atoms with Crippen LogP contribution in [0.2, 0.25) is 0 Å². The van der Waals surface area contributed by atoms with Gasteiger partial charge in [-0.25, -0.2) is 9.97 Å². The molecule has 5 heterocycles. The third-order valence-corrected chi connectivity index (χ3v) is 7.36. The summed E-state index contributed by atoms with van der Waals surface area (Å²) < 4.78 is 1.91. The molecule has 2 atom stereocenters. The number of nitrogens with zero attached hydrogens (tertiary/aromatic N) is 4. The van der Waals surface area contributed by atoms with Gasteiger partial charge in [0.2, 0.25) is 5.91 Å². The summed E-state index contributed by atoms with van der Waals surface area (Å²) in [5.41, 5.74) is 3.90. The highest BCUT2D eigenvalue weighted by molar-refractivity contribution is 7.18. The van der Waals surface area contributed by atoms with Crippen molar-refractivity contribution >= 4 is 27.5 Å². The van der Waals surface area contributed by atoms with Gasteiger partial charge in [-0.1, -0.05) is 0 Å². The van der Waals surface area contributed by atoms with E-state index in [2.05, 4.69) is 29.9 Å². The lowest BCUT2D eigenvalue weighted by atomic mass is 9.82. The van der Waals surface area contributed by atoms with E-state index in [9.17, 15) is 9.59 Å². The van der Waals surface area contributed by atoms with Crippen LogP contribution in [0.5, 0.6) is 0 Å². The smallest absolute Gasteiger partial charge is 0.251 e. The predicted octanol–water partition coefficient (Wildman–Crippen LogP) is 3.10. The number of pyridine rings is 1. The van der Waals surface area contributed by atoms with Crippen LogP contribution >= 0.6 is 11.3 Å². The molecule has 7 heteroatoms. The van der Waals surface area contributed by atoms with Gasteiger partial charge >= 0.3 is 0 Å². The van der Waals surface area contributed by atoms with Gasteiger partial charge < -0.3 is 9.47 Å². The molecule has 0 saturated carbocycles. The van der Waals surface area contributed by atoms with Crippen molar-refractivity contribution in [3.8, 4) is 11.3 Å². The quantitative estimate of drug-likeness (QED) is 0.636. The molecule has 3 aromatic rings. The molecule has 1 fully saturated rings. The number of thiophene rings is 1. The maximum absolute atomic E-state index is 13.0. The van der Waals surface area contributed by atoms with Gasteiger partial charge in [0.05, 0.1) is 5.69 Å². The van der Waals surface area contributed by atoms with Crippen LogP contribution in [0.4, 0.5) is 0 Å². The van der Waals surface area contributed by atoms with E-state index < -0.39 is 0 Å². The van der Waals surface area contributed by atoms with Crippen LogP contribution in [0.15, 0.2) is 23.3 Å². The molecule has 1 amide bonds. The number of carbonyl (C=O) groups excluding carboxylic acids is 1. The Bertz CT molecular complexity index is 1180. The Labute approximate surface area is 166 Å². The van der Waals surface area contributed by atoms with Crippen LogP contribution in [-0.4, -0.2) is 38.4 Å². The Morgan fingerprint density at radius 1 is 1.18 bits per heavy atom. The fourth-order valence-electron chi connectivity index (χ4n) is 4.75. The lowest BCUT2D eigenvalue weighted by molar-refractivity contribution is -0.131. The Balaban J connectivity index is 1.67. The zero-order valence-corrected chi connectivity index (χ0v) is 17.0. The Kier molecular flexibility index (Phi) is 3.91. The first kappa shape index (κ1) is 17.6. The number of hydrogen-bond donors (Lipinski definition) is 0. The molecule has 0 radical (unpaired) electrons. The second kappa shape index (κ2) is 6.24. The van der Waals surface area contributed by atoms with Crippen LogP contribution in [0.25, 0.3) is 21.5 Å². The number of fused-ring (bicyclic) bond motifs is 5. The molecular weight excluding hydrogens is 372 g/mol. The van der Waals surface area contributed by atoms with E-state index in [0.29, 0.717) is 19.0 Å². The summed E-state index contributed by atoms with van der Waals surface area (Å²) >= 11 is 1.66. The van der Waals surface area contributed by atoms with Crippen molar-refractivity contribution in [1.82, 2.24) is 19.4 Å². The van der Waals surface area contributed by atoms with Crippen molar-refractivity contribution in [3.05, 3.63) is 44.9 Å². The number of carbonyl (C=O) groups is 1. The van der Waals surface area contributed by atoms with E-state index in [1.165, 1.54) is 10.4 Å². The average molecular weight is 395 g/mol. The topological polar surface area (TPSA) is 68.1 Å². The van der Waals surface area contributed by atoms with Crippen molar-refractivity contribution < 1.29 is 4.79 Å². The van der Waals surface area contributed by atoms with Crippen LogP contribution in [0.3, 0.4) is 0 Å². The molecule has 2 bridgehead atoms. The lowest BCUT2D eigenvalue weighted by Crippen LogP contribution is -2.48. The highest BCUT2D eigenvalue weighted by Crippen LogP contribution is 2.38. The van der Waals surface area contributed by atoms with Crippen molar-refractivity contribution in [3.63, 3.8) is 0 Å². The molecule has 1 saturated heterocycles. The van der Waals surface area contributed by atoms with Crippen LogP contribution < -0.4 is 5.56 Å². The number of aromatic nitrogens is 3. The molecule has 144 valence electrons. The summed E-state index contributed by atoms with van der Waals surface area (Å²) in [6.07, 6.45) is 2.61. The minimum atomic E-state index is 0.0230. The number of likely N-dealkylation sites (tertiary alicyclic amines) is 1. The van der Waals surface area contributed by atoms with Gasteiger partial charge in [-0.15, -0.1) is 11.3 Å². The maximum Gasteiger partial charge on any atom is 0.251 e. The summed E-state index contributed by atoms with van der Waals surface area (Å²) in [4.78, 5) is 38.0. The molecule has 2 aliphatic heterocycles. The van der Waals surface area contributed by atoms with Crippen molar-refractivity contribution in [2.75, 3.05) is 13.1 Å².